The highest BCUT2D eigenvalue weighted by molar-refractivity contribution is 9.10. The van der Waals surface area contributed by atoms with Gasteiger partial charge in [0.05, 0.1) is 0 Å². The second kappa shape index (κ2) is 6.48. The van der Waals surface area contributed by atoms with Gasteiger partial charge < -0.3 is 10.1 Å². The van der Waals surface area contributed by atoms with Crippen LogP contribution >= 0.6 is 15.9 Å². The van der Waals surface area contributed by atoms with Crippen molar-refractivity contribution in [1.82, 2.24) is 5.32 Å². The zero-order valence-corrected chi connectivity index (χ0v) is 13.8. The van der Waals surface area contributed by atoms with Crippen molar-refractivity contribution in [2.24, 2.45) is 5.92 Å². The SMILES string of the molecule is CC1CCCCCC1NCC1Cc2cc(Br)ccc2O1. The molecule has 1 aliphatic heterocycles. The van der Waals surface area contributed by atoms with E-state index in [-0.39, 0.29) is 0 Å². The van der Waals surface area contributed by atoms with Gasteiger partial charge in [-0.2, -0.15) is 0 Å². The Kier molecular flexibility index (Phi) is 4.67. The van der Waals surface area contributed by atoms with Gasteiger partial charge in [0, 0.05) is 23.5 Å². The molecule has 0 aromatic heterocycles. The van der Waals surface area contributed by atoms with Crippen LogP contribution < -0.4 is 10.1 Å². The molecule has 1 N–H and O–H groups in total. The average Bonchev–Trinajstić information content (AvgIpc) is 2.71. The van der Waals surface area contributed by atoms with E-state index < -0.39 is 0 Å². The third-order valence-electron chi connectivity index (χ3n) is 4.73. The van der Waals surface area contributed by atoms with Crippen LogP contribution in [-0.4, -0.2) is 18.7 Å². The molecular formula is C17H24BrNO. The summed E-state index contributed by atoms with van der Waals surface area (Å²) < 4.78 is 7.18. The molecule has 0 spiro atoms. The first kappa shape index (κ1) is 14.4. The normalized spacial score (nSPS) is 29.6. The fourth-order valence-electron chi connectivity index (χ4n) is 3.48. The number of hydrogen-bond acceptors (Lipinski definition) is 2. The van der Waals surface area contributed by atoms with E-state index in [1.54, 1.807) is 0 Å². The van der Waals surface area contributed by atoms with E-state index in [1.165, 1.54) is 37.7 Å². The standard InChI is InChI=1S/C17H24BrNO/c1-12-5-3-2-4-6-16(12)19-11-15-10-13-9-14(18)7-8-17(13)20-15/h7-9,12,15-16,19H,2-6,10-11H2,1H3. The van der Waals surface area contributed by atoms with Gasteiger partial charge >= 0.3 is 0 Å². The van der Waals surface area contributed by atoms with Crippen molar-refractivity contribution in [2.45, 2.75) is 57.6 Å². The maximum atomic E-state index is 6.04. The summed E-state index contributed by atoms with van der Waals surface area (Å²) in [5.74, 6) is 1.87. The summed E-state index contributed by atoms with van der Waals surface area (Å²) in [6.45, 7) is 3.37. The maximum Gasteiger partial charge on any atom is 0.123 e. The molecule has 20 heavy (non-hydrogen) atoms. The van der Waals surface area contributed by atoms with E-state index in [0.717, 1.165) is 29.1 Å². The molecule has 110 valence electrons. The van der Waals surface area contributed by atoms with Crippen molar-refractivity contribution in [2.75, 3.05) is 6.54 Å². The first-order valence-corrected chi connectivity index (χ1v) is 8.70. The monoisotopic (exact) mass is 337 g/mol. The lowest BCUT2D eigenvalue weighted by molar-refractivity contribution is 0.211. The Morgan fingerprint density at radius 1 is 1.25 bits per heavy atom. The molecule has 0 amide bonds. The molecule has 1 saturated carbocycles. The molecule has 2 nitrogen and oxygen atoms in total. The molecule has 1 aromatic carbocycles. The van der Waals surface area contributed by atoms with Crippen molar-refractivity contribution in [3.8, 4) is 5.75 Å². The summed E-state index contributed by atoms with van der Waals surface area (Å²) in [5.41, 5.74) is 1.33. The van der Waals surface area contributed by atoms with Gasteiger partial charge in [0.1, 0.15) is 11.9 Å². The minimum Gasteiger partial charge on any atom is -0.488 e. The van der Waals surface area contributed by atoms with Gasteiger partial charge in [-0.05, 0) is 42.5 Å². The summed E-state index contributed by atoms with van der Waals surface area (Å²) >= 11 is 3.53. The second-order valence-electron chi connectivity index (χ2n) is 6.33. The van der Waals surface area contributed by atoms with Crippen molar-refractivity contribution in [3.63, 3.8) is 0 Å². The van der Waals surface area contributed by atoms with Crippen LogP contribution in [0.4, 0.5) is 0 Å². The highest BCUT2D eigenvalue weighted by Crippen LogP contribution is 2.31. The molecule has 3 rings (SSSR count). The summed E-state index contributed by atoms with van der Waals surface area (Å²) in [6.07, 6.45) is 8.21. The maximum absolute atomic E-state index is 6.04. The number of hydrogen-bond donors (Lipinski definition) is 1. The van der Waals surface area contributed by atoms with Gasteiger partial charge in [-0.3, -0.25) is 0 Å². The Bertz CT molecular complexity index is 462. The zero-order valence-electron chi connectivity index (χ0n) is 12.2. The predicted molar refractivity (Wildman–Crippen MR) is 86.3 cm³/mol. The van der Waals surface area contributed by atoms with Crippen LogP contribution in [0.1, 0.15) is 44.6 Å². The molecule has 3 unspecified atom stereocenters. The van der Waals surface area contributed by atoms with Crippen LogP contribution in [0.3, 0.4) is 0 Å². The van der Waals surface area contributed by atoms with Crippen molar-refractivity contribution in [1.29, 1.82) is 0 Å². The van der Waals surface area contributed by atoms with E-state index in [1.807, 2.05) is 0 Å². The Morgan fingerprint density at radius 2 is 2.10 bits per heavy atom. The van der Waals surface area contributed by atoms with E-state index >= 15 is 0 Å². The molecule has 0 saturated heterocycles. The Balaban J connectivity index is 1.53. The number of rotatable bonds is 3. The van der Waals surface area contributed by atoms with Crippen LogP contribution in [0.2, 0.25) is 0 Å². The highest BCUT2D eigenvalue weighted by atomic mass is 79.9. The number of ether oxygens (including phenoxy) is 1. The molecule has 1 aromatic rings. The van der Waals surface area contributed by atoms with E-state index in [4.69, 9.17) is 4.74 Å². The number of benzene rings is 1. The fourth-order valence-corrected chi connectivity index (χ4v) is 3.89. The molecular weight excluding hydrogens is 314 g/mol. The van der Waals surface area contributed by atoms with Gasteiger partial charge in [0.15, 0.2) is 0 Å². The zero-order chi connectivity index (χ0) is 13.9. The summed E-state index contributed by atoms with van der Waals surface area (Å²) in [6, 6.07) is 7.00. The molecule has 3 heteroatoms. The largest absolute Gasteiger partial charge is 0.488 e. The minimum absolute atomic E-state index is 0.301. The summed E-state index contributed by atoms with van der Waals surface area (Å²) in [5, 5.41) is 3.77. The topological polar surface area (TPSA) is 21.3 Å². The minimum atomic E-state index is 0.301. The Morgan fingerprint density at radius 3 is 3.00 bits per heavy atom. The lowest BCUT2D eigenvalue weighted by Gasteiger charge is -2.24. The average molecular weight is 338 g/mol. The lowest BCUT2D eigenvalue weighted by atomic mass is 9.97. The van der Waals surface area contributed by atoms with Crippen molar-refractivity contribution >= 4 is 15.9 Å². The quantitative estimate of drug-likeness (QED) is 0.829. The molecule has 2 aliphatic rings. The van der Waals surface area contributed by atoms with Gasteiger partial charge in [-0.1, -0.05) is 42.1 Å². The van der Waals surface area contributed by atoms with Gasteiger partial charge in [-0.15, -0.1) is 0 Å². The van der Waals surface area contributed by atoms with Crippen LogP contribution in [-0.2, 0) is 6.42 Å². The molecule has 1 fully saturated rings. The van der Waals surface area contributed by atoms with Gasteiger partial charge in [0.2, 0.25) is 0 Å². The molecule has 3 atom stereocenters. The predicted octanol–water partition coefficient (Wildman–Crippen LogP) is 4.31. The highest BCUT2D eigenvalue weighted by Gasteiger charge is 2.25. The molecule has 0 bridgehead atoms. The van der Waals surface area contributed by atoms with Crippen LogP contribution in [0.25, 0.3) is 0 Å². The number of halogens is 1. The van der Waals surface area contributed by atoms with Crippen LogP contribution in [0.5, 0.6) is 5.75 Å². The first-order chi connectivity index (χ1) is 9.72. The molecule has 0 radical (unpaired) electrons. The number of nitrogens with one attached hydrogen (secondary N) is 1. The van der Waals surface area contributed by atoms with Crippen LogP contribution in [0.15, 0.2) is 22.7 Å². The third kappa shape index (κ3) is 3.37. The van der Waals surface area contributed by atoms with Crippen molar-refractivity contribution in [3.05, 3.63) is 28.2 Å². The van der Waals surface area contributed by atoms with Gasteiger partial charge in [0.25, 0.3) is 0 Å². The fraction of sp³-hybridized carbons (Fsp3) is 0.647. The third-order valence-corrected chi connectivity index (χ3v) is 5.23. The van der Waals surface area contributed by atoms with Gasteiger partial charge in [-0.25, -0.2) is 0 Å². The van der Waals surface area contributed by atoms with Crippen molar-refractivity contribution < 1.29 is 4.74 Å². The smallest absolute Gasteiger partial charge is 0.123 e. The Labute approximate surface area is 130 Å². The second-order valence-corrected chi connectivity index (χ2v) is 7.24. The van der Waals surface area contributed by atoms with E-state index in [0.29, 0.717) is 12.1 Å². The molecule has 1 aliphatic carbocycles. The lowest BCUT2D eigenvalue weighted by Crippen LogP contribution is -2.40. The van der Waals surface area contributed by atoms with Crippen LogP contribution in [0, 0.1) is 5.92 Å². The summed E-state index contributed by atoms with van der Waals surface area (Å²) in [7, 11) is 0. The molecule has 1 heterocycles. The Hall–Kier alpha value is -0.540. The van der Waals surface area contributed by atoms with E-state index in [2.05, 4.69) is 46.4 Å². The summed E-state index contributed by atoms with van der Waals surface area (Å²) in [4.78, 5) is 0. The van der Waals surface area contributed by atoms with E-state index in [9.17, 15) is 0 Å². The number of fused-ring (bicyclic) bond motifs is 1. The first-order valence-electron chi connectivity index (χ1n) is 7.91.